The van der Waals surface area contributed by atoms with Crippen molar-refractivity contribution >= 4 is 17.7 Å². The van der Waals surface area contributed by atoms with E-state index in [4.69, 9.17) is 14.2 Å². The first kappa shape index (κ1) is 25.4. The molecule has 188 valence electrons. The van der Waals surface area contributed by atoms with Gasteiger partial charge in [-0.2, -0.15) is 0 Å². The Labute approximate surface area is 211 Å². The molecule has 0 radical (unpaired) electrons. The zero-order valence-corrected chi connectivity index (χ0v) is 21.0. The molecule has 0 fully saturated rings. The van der Waals surface area contributed by atoms with Crippen LogP contribution in [-0.4, -0.2) is 45.2 Å². The van der Waals surface area contributed by atoms with E-state index in [1.54, 1.807) is 0 Å². The van der Waals surface area contributed by atoms with Crippen LogP contribution in [0.3, 0.4) is 0 Å². The van der Waals surface area contributed by atoms with Gasteiger partial charge in [-0.05, 0) is 36.0 Å². The third-order valence-corrected chi connectivity index (χ3v) is 6.83. The van der Waals surface area contributed by atoms with Gasteiger partial charge in [0.15, 0.2) is 5.78 Å². The third kappa shape index (κ3) is 4.84. The Hall–Kier alpha value is -3.71. The van der Waals surface area contributed by atoms with E-state index in [2.05, 4.69) is 5.32 Å². The van der Waals surface area contributed by atoms with E-state index in [0.29, 0.717) is 23.3 Å². The molecule has 4 rings (SSSR count). The Balaban J connectivity index is 1.80. The van der Waals surface area contributed by atoms with E-state index in [-0.39, 0.29) is 24.9 Å². The predicted molar refractivity (Wildman–Crippen MR) is 135 cm³/mol. The minimum absolute atomic E-state index is 0.0907. The first-order chi connectivity index (χ1) is 17.4. The minimum atomic E-state index is -0.925. The van der Waals surface area contributed by atoms with Crippen molar-refractivity contribution in [1.82, 2.24) is 5.32 Å². The van der Waals surface area contributed by atoms with Crippen LogP contribution in [-0.2, 0) is 28.6 Å². The monoisotopic (exact) mass is 489 g/mol. The van der Waals surface area contributed by atoms with Gasteiger partial charge >= 0.3 is 11.9 Å². The number of hydrogen-bond donors (Lipinski definition) is 1. The minimum Gasteiger partial charge on any atom is -0.468 e. The number of dihydropyridines is 1. The molecule has 0 spiro atoms. The second-order valence-corrected chi connectivity index (χ2v) is 9.15. The highest BCUT2D eigenvalue weighted by atomic mass is 16.6. The van der Waals surface area contributed by atoms with E-state index in [1.165, 1.54) is 14.2 Å². The van der Waals surface area contributed by atoms with Gasteiger partial charge < -0.3 is 19.5 Å². The quantitative estimate of drug-likeness (QED) is 0.355. The van der Waals surface area contributed by atoms with Gasteiger partial charge in [-0.3, -0.25) is 9.59 Å². The molecule has 3 atom stereocenters. The Morgan fingerprint density at radius 3 is 2.28 bits per heavy atom. The van der Waals surface area contributed by atoms with Gasteiger partial charge in [0.05, 0.1) is 19.3 Å². The van der Waals surface area contributed by atoms with Crippen molar-refractivity contribution in [2.45, 2.75) is 26.2 Å². The molecule has 7 nitrogen and oxygen atoms in total. The zero-order valence-electron chi connectivity index (χ0n) is 21.0. The molecule has 2 aromatic rings. The number of carbonyl (C=O) groups excluding carboxylic acids is 3. The fraction of sp³-hybridized carbons (Fsp3) is 0.345. The Bertz CT molecular complexity index is 1210. The fourth-order valence-corrected chi connectivity index (χ4v) is 5.08. The summed E-state index contributed by atoms with van der Waals surface area (Å²) >= 11 is 0. The summed E-state index contributed by atoms with van der Waals surface area (Å²) in [6, 6.07) is 17.8. The molecule has 7 heteroatoms. The molecule has 0 bridgehead atoms. The van der Waals surface area contributed by atoms with Crippen molar-refractivity contribution in [2.75, 3.05) is 27.4 Å². The molecule has 0 saturated heterocycles. The maximum atomic E-state index is 13.8. The molecular weight excluding hydrogens is 458 g/mol. The van der Waals surface area contributed by atoms with Gasteiger partial charge in [0.2, 0.25) is 0 Å². The van der Waals surface area contributed by atoms with Gasteiger partial charge in [0, 0.05) is 30.0 Å². The smallest absolute Gasteiger partial charge is 0.336 e. The molecule has 0 saturated carbocycles. The summed E-state index contributed by atoms with van der Waals surface area (Å²) in [5, 5.41) is 3.27. The number of allylic oxidation sites excluding steroid dienone is 3. The van der Waals surface area contributed by atoms with Crippen LogP contribution in [0.15, 0.2) is 77.1 Å². The normalized spacial score (nSPS) is 21.6. The summed E-state index contributed by atoms with van der Waals surface area (Å²) in [4.78, 5) is 39.6. The van der Waals surface area contributed by atoms with Crippen molar-refractivity contribution in [3.8, 4) is 11.1 Å². The number of Topliss-reactive ketones (excluding diaryl/α,β-unsaturated/α-hetero) is 1. The van der Waals surface area contributed by atoms with Gasteiger partial charge in [0.25, 0.3) is 0 Å². The highest BCUT2D eigenvalue weighted by Gasteiger charge is 2.47. The Morgan fingerprint density at radius 2 is 1.64 bits per heavy atom. The third-order valence-electron chi connectivity index (χ3n) is 6.83. The average Bonchev–Trinajstić information content (AvgIpc) is 2.88. The Kier molecular flexibility index (Phi) is 7.70. The highest BCUT2D eigenvalue weighted by Crippen LogP contribution is 2.45. The second kappa shape index (κ2) is 10.9. The van der Waals surface area contributed by atoms with Gasteiger partial charge in [0.1, 0.15) is 12.5 Å². The van der Waals surface area contributed by atoms with Gasteiger partial charge in [-0.1, -0.05) is 61.5 Å². The molecule has 2 aromatic carbocycles. The molecule has 1 aliphatic heterocycles. The predicted octanol–water partition coefficient (Wildman–Crippen LogP) is 4.16. The first-order valence-electron chi connectivity index (χ1n) is 12.0. The van der Waals surface area contributed by atoms with Crippen LogP contribution in [0.1, 0.15) is 31.7 Å². The largest absolute Gasteiger partial charge is 0.468 e. The lowest BCUT2D eigenvalue weighted by Crippen LogP contribution is -2.43. The van der Waals surface area contributed by atoms with Crippen LogP contribution in [0.2, 0.25) is 0 Å². The molecule has 0 amide bonds. The number of benzene rings is 2. The number of ether oxygens (including phenoxy) is 3. The molecular formula is C29H31NO6. The lowest BCUT2D eigenvalue weighted by atomic mass is 9.69. The fourth-order valence-electron chi connectivity index (χ4n) is 5.08. The SMILES string of the molecule is COCCOC(=O)C1=C(C)NC2=C(C(=O)[C@@H](C(=O)OC)[C@H](C)C2)[C@@H]1c1ccc(-c2ccccc2)cc1. The van der Waals surface area contributed by atoms with Crippen LogP contribution in [0.25, 0.3) is 11.1 Å². The van der Waals surface area contributed by atoms with Crippen molar-refractivity contribution in [1.29, 1.82) is 0 Å². The summed E-state index contributed by atoms with van der Waals surface area (Å²) < 4.78 is 15.5. The van der Waals surface area contributed by atoms with Crippen molar-refractivity contribution in [3.63, 3.8) is 0 Å². The maximum Gasteiger partial charge on any atom is 0.336 e. The summed E-state index contributed by atoms with van der Waals surface area (Å²) in [5.41, 5.74) is 4.98. The molecule has 1 heterocycles. The van der Waals surface area contributed by atoms with Crippen molar-refractivity contribution < 1.29 is 28.6 Å². The molecule has 36 heavy (non-hydrogen) atoms. The molecule has 2 aliphatic rings. The van der Waals surface area contributed by atoms with E-state index in [1.807, 2.05) is 68.4 Å². The summed E-state index contributed by atoms with van der Waals surface area (Å²) in [6.45, 7) is 4.02. The first-order valence-corrected chi connectivity index (χ1v) is 12.0. The number of rotatable bonds is 7. The number of methoxy groups -OCH3 is 2. The summed E-state index contributed by atoms with van der Waals surface area (Å²) in [5.74, 6) is -3.25. The molecule has 1 aliphatic carbocycles. The van der Waals surface area contributed by atoms with Gasteiger partial charge in [-0.15, -0.1) is 0 Å². The molecule has 0 unspecified atom stereocenters. The average molecular weight is 490 g/mol. The van der Waals surface area contributed by atoms with E-state index >= 15 is 0 Å². The topological polar surface area (TPSA) is 90.9 Å². The number of hydrogen-bond acceptors (Lipinski definition) is 7. The summed E-state index contributed by atoms with van der Waals surface area (Å²) in [7, 11) is 2.82. The highest BCUT2D eigenvalue weighted by molar-refractivity contribution is 6.12. The van der Waals surface area contributed by atoms with E-state index in [0.717, 1.165) is 22.4 Å². The maximum absolute atomic E-state index is 13.8. The molecule has 0 aromatic heterocycles. The lowest BCUT2D eigenvalue weighted by molar-refractivity contribution is -0.151. The Morgan fingerprint density at radius 1 is 0.972 bits per heavy atom. The molecule has 1 N–H and O–H groups in total. The second-order valence-electron chi connectivity index (χ2n) is 9.15. The van der Waals surface area contributed by atoms with Crippen LogP contribution in [0, 0.1) is 11.8 Å². The summed E-state index contributed by atoms with van der Waals surface area (Å²) in [6.07, 6.45) is 0.489. The standard InChI is InChI=1S/C29H31NO6/c1-17-16-22-26(27(31)23(17)28(32)35-4)25(24(18(2)30-22)29(33)36-15-14-34-3)21-12-10-20(11-13-21)19-8-6-5-7-9-19/h5-13,17,23,25,30H,14-16H2,1-4H3/t17-,23+,25-/m1/s1. The van der Waals surface area contributed by atoms with Crippen LogP contribution >= 0.6 is 0 Å². The van der Waals surface area contributed by atoms with Crippen molar-refractivity contribution in [2.24, 2.45) is 11.8 Å². The van der Waals surface area contributed by atoms with Crippen LogP contribution in [0.4, 0.5) is 0 Å². The van der Waals surface area contributed by atoms with Gasteiger partial charge in [-0.25, -0.2) is 4.79 Å². The zero-order chi connectivity index (χ0) is 25.8. The number of esters is 2. The lowest BCUT2D eigenvalue weighted by Gasteiger charge is -2.38. The van der Waals surface area contributed by atoms with Crippen LogP contribution < -0.4 is 5.32 Å². The number of nitrogens with one attached hydrogen (secondary N) is 1. The number of carbonyl (C=O) groups is 3. The van der Waals surface area contributed by atoms with E-state index in [9.17, 15) is 14.4 Å². The van der Waals surface area contributed by atoms with Crippen LogP contribution in [0.5, 0.6) is 0 Å². The number of ketones is 1. The van der Waals surface area contributed by atoms with E-state index < -0.39 is 23.8 Å². The van der Waals surface area contributed by atoms with Crippen molar-refractivity contribution in [3.05, 3.63) is 82.7 Å².